The van der Waals surface area contributed by atoms with Crippen LogP contribution in [0.15, 0.2) is 71.6 Å². The van der Waals surface area contributed by atoms with Crippen LogP contribution in [0, 0.1) is 0 Å². The van der Waals surface area contributed by atoms with Crippen molar-refractivity contribution in [1.82, 2.24) is 4.90 Å². The number of fused-ring (bicyclic) bond motifs is 1. The smallest absolute Gasteiger partial charge is 0.266 e. The molecule has 1 fully saturated rings. The van der Waals surface area contributed by atoms with Crippen LogP contribution in [0.1, 0.15) is 23.6 Å². The predicted molar refractivity (Wildman–Crippen MR) is 148 cm³/mol. The number of amides is 2. The lowest BCUT2D eigenvalue weighted by Crippen LogP contribution is -2.27. The molecule has 3 aromatic carbocycles. The number of anilines is 1. The summed E-state index contributed by atoms with van der Waals surface area (Å²) in [7, 11) is 0. The number of nitrogens with zero attached hydrogens (tertiary/aromatic N) is 1. The van der Waals surface area contributed by atoms with Crippen molar-refractivity contribution in [2.45, 2.75) is 19.9 Å². The van der Waals surface area contributed by atoms with E-state index >= 15 is 0 Å². The molecule has 2 heterocycles. The summed E-state index contributed by atoms with van der Waals surface area (Å²) in [5, 5.41) is 2.83. The summed E-state index contributed by atoms with van der Waals surface area (Å²) in [4.78, 5) is 27.5. The highest BCUT2D eigenvalue weighted by Gasteiger charge is 2.32. The van der Waals surface area contributed by atoms with E-state index in [1.807, 2.05) is 54.6 Å². The molecule has 2 aliphatic heterocycles. The number of aryl methyl sites for hydroxylation is 1. The molecule has 5 rings (SSSR count). The van der Waals surface area contributed by atoms with Gasteiger partial charge in [-0.05, 0) is 65.6 Å². The standard InChI is InChI=1S/C28H24N2O5S2/c1-2-18-6-9-21(10-7-18)29-26(31)16-33-22-5-3-4-19(12-22)14-25-27(32)30(28(36)37-25)15-20-8-11-23-24(13-20)35-17-34-23/h3-14H,2,15-17H2,1H3,(H,29,31)/b25-14-. The fourth-order valence-corrected chi connectivity index (χ4v) is 5.13. The maximum absolute atomic E-state index is 13.1. The topological polar surface area (TPSA) is 77.1 Å². The largest absolute Gasteiger partial charge is 0.484 e. The number of hydrogen-bond acceptors (Lipinski definition) is 7. The quantitative estimate of drug-likeness (QED) is 0.308. The zero-order valence-electron chi connectivity index (χ0n) is 20.1. The van der Waals surface area contributed by atoms with Gasteiger partial charge in [0.05, 0.1) is 11.4 Å². The lowest BCUT2D eigenvalue weighted by molar-refractivity contribution is -0.122. The third-order valence-corrected chi connectivity index (χ3v) is 7.20. The molecule has 0 saturated carbocycles. The minimum Gasteiger partial charge on any atom is -0.484 e. The van der Waals surface area contributed by atoms with Crippen LogP contribution in [0.3, 0.4) is 0 Å². The van der Waals surface area contributed by atoms with Gasteiger partial charge in [-0.3, -0.25) is 14.5 Å². The van der Waals surface area contributed by atoms with Crippen molar-refractivity contribution in [2.75, 3.05) is 18.7 Å². The predicted octanol–water partition coefficient (Wildman–Crippen LogP) is 5.40. The highest BCUT2D eigenvalue weighted by atomic mass is 32.2. The van der Waals surface area contributed by atoms with Gasteiger partial charge in [0, 0.05) is 5.69 Å². The molecule has 9 heteroatoms. The van der Waals surface area contributed by atoms with E-state index in [4.69, 9.17) is 26.4 Å². The maximum atomic E-state index is 13.1. The van der Waals surface area contributed by atoms with Gasteiger partial charge < -0.3 is 19.5 Å². The van der Waals surface area contributed by atoms with Gasteiger partial charge in [0.2, 0.25) is 6.79 Å². The number of rotatable bonds is 8. The molecule has 188 valence electrons. The molecule has 0 unspecified atom stereocenters. The third-order valence-electron chi connectivity index (χ3n) is 5.82. The molecule has 0 spiro atoms. The maximum Gasteiger partial charge on any atom is 0.266 e. The number of nitrogens with one attached hydrogen (secondary N) is 1. The van der Waals surface area contributed by atoms with Crippen molar-refractivity contribution in [3.8, 4) is 17.2 Å². The van der Waals surface area contributed by atoms with Gasteiger partial charge in [-0.2, -0.15) is 0 Å². The van der Waals surface area contributed by atoms with Gasteiger partial charge >= 0.3 is 0 Å². The molecule has 0 aromatic heterocycles. The lowest BCUT2D eigenvalue weighted by Gasteiger charge is -2.14. The molecular formula is C28H24N2O5S2. The van der Waals surface area contributed by atoms with Gasteiger partial charge in [0.15, 0.2) is 18.1 Å². The molecule has 0 bridgehead atoms. The van der Waals surface area contributed by atoms with E-state index in [1.54, 1.807) is 23.1 Å². The number of hydrogen-bond donors (Lipinski definition) is 1. The van der Waals surface area contributed by atoms with Crippen molar-refractivity contribution in [3.05, 3.63) is 88.3 Å². The minimum atomic E-state index is -0.251. The fraction of sp³-hybridized carbons (Fsp3) is 0.179. The Balaban J connectivity index is 1.20. The van der Waals surface area contributed by atoms with Crippen molar-refractivity contribution >= 4 is 51.9 Å². The van der Waals surface area contributed by atoms with Crippen LogP contribution in [0.25, 0.3) is 6.08 Å². The van der Waals surface area contributed by atoms with Gasteiger partial charge in [0.25, 0.3) is 11.8 Å². The van der Waals surface area contributed by atoms with Gasteiger partial charge in [-0.1, -0.05) is 61.2 Å². The Labute approximate surface area is 224 Å². The summed E-state index contributed by atoms with van der Waals surface area (Å²) < 4.78 is 17.0. The summed E-state index contributed by atoms with van der Waals surface area (Å²) in [6.07, 6.45) is 2.72. The monoisotopic (exact) mass is 532 g/mol. The van der Waals surface area contributed by atoms with E-state index in [1.165, 1.54) is 17.3 Å². The molecule has 0 radical (unpaired) electrons. The number of thioether (sulfide) groups is 1. The van der Waals surface area contributed by atoms with Crippen LogP contribution in [-0.4, -0.2) is 34.4 Å². The van der Waals surface area contributed by atoms with Gasteiger partial charge in [-0.25, -0.2) is 0 Å². The second-order valence-corrected chi connectivity index (χ2v) is 10.1. The van der Waals surface area contributed by atoms with Crippen molar-refractivity contribution in [1.29, 1.82) is 0 Å². The Morgan fingerprint density at radius 2 is 1.86 bits per heavy atom. The SMILES string of the molecule is CCc1ccc(NC(=O)COc2cccc(/C=C3\SC(=S)N(Cc4ccc5c(c4)OCO5)C3=O)c2)cc1. The average Bonchev–Trinajstić information content (AvgIpc) is 3.48. The van der Waals surface area contributed by atoms with E-state index in [2.05, 4.69) is 12.2 Å². The molecule has 1 N–H and O–H groups in total. The van der Waals surface area contributed by atoms with E-state index in [0.29, 0.717) is 33.0 Å². The first-order valence-electron chi connectivity index (χ1n) is 11.7. The van der Waals surface area contributed by atoms with Gasteiger partial charge in [-0.15, -0.1) is 0 Å². The number of benzene rings is 3. The first-order valence-corrected chi connectivity index (χ1v) is 13.0. The second-order valence-electron chi connectivity index (χ2n) is 8.42. The number of carbonyl (C=O) groups excluding carboxylic acids is 2. The first-order chi connectivity index (χ1) is 18.0. The van der Waals surface area contributed by atoms with E-state index in [0.717, 1.165) is 23.2 Å². The molecule has 0 atom stereocenters. The average molecular weight is 533 g/mol. The van der Waals surface area contributed by atoms with E-state index in [-0.39, 0.29) is 25.2 Å². The van der Waals surface area contributed by atoms with E-state index in [9.17, 15) is 9.59 Å². The highest BCUT2D eigenvalue weighted by molar-refractivity contribution is 8.26. The number of carbonyl (C=O) groups is 2. The van der Waals surface area contributed by atoms with Crippen LogP contribution in [-0.2, 0) is 22.6 Å². The van der Waals surface area contributed by atoms with Crippen LogP contribution in [0.5, 0.6) is 17.2 Å². The summed E-state index contributed by atoms with van der Waals surface area (Å²) in [5.74, 6) is 1.48. The third kappa shape index (κ3) is 5.95. The zero-order chi connectivity index (χ0) is 25.8. The Morgan fingerprint density at radius 1 is 1.08 bits per heavy atom. The van der Waals surface area contributed by atoms with Crippen LogP contribution in [0.4, 0.5) is 5.69 Å². The van der Waals surface area contributed by atoms with Gasteiger partial charge in [0.1, 0.15) is 10.1 Å². The molecule has 1 saturated heterocycles. The lowest BCUT2D eigenvalue weighted by atomic mass is 10.1. The van der Waals surface area contributed by atoms with Crippen LogP contribution >= 0.6 is 24.0 Å². The molecule has 2 aliphatic rings. The molecular weight excluding hydrogens is 508 g/mol. The number of ether oxygens (including phenoxy) is 3. The second kappa shape index (κ2) is 11.1. The minimum absolute atomic E-state index is 0.128. The summed E-state index contributed by atoms with van der Waals surface area (Å²) >= 11 is 6.73. The Morgan fingerprint density at radius 3 is 2.68 bits per heavy atom. The molecule has 7 nitrogen and oxygen atoms in total. The zero-order valence-corrected chi connectivity index (χ0v) is 21.7. The molecule has 2 amide bonds. The fourth-order valence-electron chi connectivity index (χ4n) is 3.87. The summed E-state index contributed by atoms with van der Waals surface area (Å²) in [5.41, 5.74) is 3.60. The first kappa shape index (κ1) is 24.9. The van der Waals surface area contributed by atoms with Crippen LogP contribution in [0.2, 0.25) is 0 Å². The summed E-state index contributed by atoms with van der Waals surface area (Å²) in [6, 6.07) is 20.5. The Bertz CT molecular complexity index is 1390. The van der Waals surface area contributed by atoms with Crippen molar-refractivity contribution in [2.24, 2.45) is 0 Å². The molecule has 0 aliphatic carbocycles. The molecule has 37 heavy (non-hydrogen) atoms. The highest BCUT2D eigenvalue weighted by Crippen LogP contribution is 2.36. The molecule has 3 aromatic rings. The summed E-state index contributed by atoms with van der Waals surface area (Å²) in [6.45, 7) is 2.50. The Kier molecular flexibility index (Phi) is 7.43. The van der Waals surface area contributed by atoms with Crippen molar-refractivity contribution in [3.63, 3.8) is 0 Å². The van der Waals surface area contributed by atoms with E-state index < -0.39 is 0 Å². The van der Waals surface area contributed by atoms with Crippen molar-refractivity contribution < 1.29 is 23.8 Å². The Hall–Kier alpha value is -3.82. The van der Waals surface area contributed by atoms with Crippen LogP contribution < -0.4 is 19.5 Å². The normalized spacial score (nSPS) is 15.4. The number of thiocarbonyl (C=S) groups is 1.